The second-order valence-corrected chi connectivity index (χ2v) is 11.1. The zero-order valence-electron chi connectivity index (χ0n) is 25.4. The largest absolute Gasteiger partial charge is 0.445 e. The van der Waals surface area contributed by atoms with Gasteiger partial charge in [0.15, 0.2) is 12.4 Å². The van der Waals surface area contributed by atoms with Crippen molar-refractivity contribution >= 4 is 6.09 Å². The first-order valence-electron chi connectivity index (χ1n) is 16.3. The van der Waals surface area contributed by atoms with Crippen LogP contribution < -0.4 is 9.88 Å². The summed E-state index contributed by atoms with van der Waals surface area (Å²) < 4.78 is 13.1. The average molecular weight is 546 g/mol. The zero-order valence-corrected chi connectivity index (χ0v) is 25.4. The molecule has 1 amide bonds. The molecule has 0 fully saturated rings. The number of rotatable bonds is 28. The second kappa shape index (κ2) is 27.7. The summed E-state index contributed by atoms with van der Waals surface area (Å²) in [5.74, 6) is 0. The fourth-order valence-corrected chi connectivity index (χ4v) is 4.78. The summed E-state index contributed by atoms with van der Waals surface area (Å²) >= 11 is 0. The molecule has 39 heavy (non-hydrogen) atoms. The van der Waals surface area contributed by atoms with Crippen LogP contribution in [0.1, 0.15) is 135 Å². The van der Waals surface area contributed by atoms with Gasteiger partial charge in [0.2, 0.25) is 0 Å². The first-order chi connectivity index (χ1) is 19.2. The van der Waals surface area contributed by atoms with E-state index in [0.29, 0.717) is 13.2 Å². The molecule has 0 aliphatic carbocycles. The van der Waals surface area contributed by atoms with Crippen molar-refractivity contribution in [3.05, 3.63) is 42.7 Å². The standard InChI is InChI=1S/C34H60N2O3/c1-3-4-5-6-7-8-9-10-11-12-13-14-15-16-17-21-26-35-34(37)39-32-33(2)31-38-30-25-19-18-22-27-36-28-23-20-24-29-36/h20,23-24,28-29H,2-19,21-22,25-27,30-32H2,1H3/p+1. The molecule has 1 N–H and O–H groups in total. The number of aromatic nitrogens is 1. The van der Waals surface area contributed by atoms with Gasteiger partial charge in [0.05, 0.1) is 6.61 Å². The number of hydrogen-bond acceptors (Lipinski definition) is 3. The van der Waals surface area contributed by atoms with Gasteiger partial charge >= 0.3 is 6.09 Å². The molecular weight excluding hydrogens is 484 g/mol. The van der Waals surface area contributed by atoms with Crippen LogP contribution in [0, 0.1) is 0 Å². The van der Waals surface area contributed by atoms with Gasteiger partial charge in [0.25, 0.3) is 0 Å². The third kappa shape index (κ3) is 24.9. The van der Waals surface area contributed by atoms with Crippen LogP contribution in [0.5, 0.6) is 0 Å². The molecule has 0 radical (unpaired) electrons. The number of aryl methyl sites for hydroxylation is 1. The first kappa shape index (κ1) is 35.1. The Labute approximate surface area is 241 Å². The van der Waals surface area contributed by atoms with E-state index >= 15 is 0 Å². The summed E-state index contributed by atoms with van der Waals surface area (Å²) in [5.41, 5.74) is 0.799. The number of ether oxygens (including phenoxy) is 2. The molecule has 1 rings (SSSR count). The topological polar surface area (TPSA) is 51.4 Å². The van der Waals surface area contributed by atoms with Crippen molar-refractivity contribution in [1.82, 2.24) is 5.32 Å². The lowest BCUT2D eigenvalue weighted by atomic mass is 10.0. The van der Waals surface area contributed by atoms with E-state index < -0.39 is 0 Å². The summed E-state index contributed by atoms with van der Waals surface area (Å²) in [6, 6.07) is 6.17. The minimum absolute atomic E-state index is 0.221. The maximum absolute atomic E-state index is 11.9. The normalized spacial score (nSPS) is 11.0. The van der Waals surface area contributed by atoms with Crippen LogP contribution in [-0.4, -0.2) is 32.5 Å². The zero-order chi connectivity index (χ0) is 28.1. The Morgan fingerprint density at radius 2 is 1.18 bits per heavy atom. The summed E-state index contributed by atoms with van der Waals surface area (Å²) in [6.45, 7) is 9.39. The lowest BCUT2D eigenvalue weighted by molar-refractivity contribution is -0.697. The molecular formula is C34H61N2O3+. The molecule has 0 aliphatic rings. The first-order valence-corrected chi connectivity index (χ1v) is 16.3. The van der Waals surface area contributed by atoms with Crippen molar-refractivity contribution in [2.45, 2.75) is 142 Å². The van der Waals surface area contributed by atoms with E-state index in [1.165, 1.54) is 109 Å². The molecule has 1 aromatic rings. The number of nitrogens with zero attached hydrogens (tertiary/aromatic N) is 1. The Balaban J connectivity index is 1.76. The van der Waals surface area contributed by atoms with Crippen LogP contribution >= 0.6 is 0 Å². The molecule has 0 saturated heterocycles. The van der Waals surface area contributed by atoms with E-state index in [2.05, 4.69) is 47.9 Å². The molecule has 0 saturated carbocycles. The molecule has 0 aromatic carbocycles. The quantitative estimate of drug-likeness (QED) is 0.0649. The third-order valence-electron chi connectivity index (χ3n) is 7.25. The number of pyridine rings is 1. The maximum atomic E-state index is 11.9. The second-order valence-electron chi connectivity index (χ2n) is 11.1. The minimum atomic E-state index is -0.353. The monoisotopic (exact) mass is 545 g/mol. The summed E-state index contributed by atoms with van der Waals surface area (Å²) in [5, 5.41) is 2.85. The SMILES string of the molecule is C=C(COCCCCCC[n+]1ccccc1)COC(=O)NCCCCCCCCCCCCCCCCCC. The molecule has 0 unspecified atom stereocenters. The highest BCUT2D eigenvalue weighted by Gasteiger charge is 2.04. The summed E-state index contributed by atoms with van der Waals surface area (Å²) in [6.07, 6.45) is 30.1. The Bertz CT molecular complexity index is 680. The van der Waals surface area contributed by atoms with Crippen molar-refractivity contribution in [3.8, 4) is 0 Å². The van der Waals surface area contributed by atoms with Crippen molar-refractivity contribution in [2.24, 2.45) is 0 Å². The van der Waals surface area contributed by atoms with E-state index in [9.17, 15) is 4.79 Å². The van der Waals surface area contributed by atoms with Gasteiger partial charge in [-0.3, -0.25) is 0 Å². The van der Waals surface area contributed by atoms with Gasteiger partial charge < -0.3 is 14.8 Å². The highest BCUT2D eigenvalue weighted by atomic mass is 16.5. The van der Waals surface area contributed by atoms with E-state index in [4.69, 9.17) is 9.47 Å². The number of carbonyl (C=O) groups is 1. The molecule has 1 aromatic heterocycles. The molecule has 5 nitrogen and oxygen atoms in total. The third-order valence-corrected chi connectivity index (χ3v) is 7.25. The van der Waals surface area contributed by atoms with Crippen LogP contribution in [0.4, 0.5) is 4.79 Å². The van der Waals surface area contributed by atoms with Gasteiger partial charge in [0, 0.05) is 31.7 Å². The van der Waals surface area contributed by atoms with Gasteiger partial charge in [-0.25, -0.2) is 9.36 Å². The number of nitrogens with one attached hydrogen (secondary N) is 1. The van der Waals surface area contributed by atoms with Crippen molar-refractivity contribution < 1.29 is 18.8 Å². The average Bonchev–Trinajstić information content (AvgIpc) is 2.95. The highest BCUT2D eigenvalue weighted by molar-refractivity contribution is 5.67. The van der Waals surface area contributed by atoms with Gasteiger partial charge in [-0.05, 0) is 24.8 Å². The Hall–Kier alpha value is -1.88. The van der Waals surface area contributed by atoms with Gasteiger partial charge in [-0.1, -0.05) is 122 Å². The molecule has 5 heteroatoms. The Morgan fingerprint density at radius 3 is 1.77 bits per heavy atom. The number of carbonyl (C=O) groups excluding carboxylic acids is 1. The number of alkyl carbamates (subject to hydrolysis) is 1. The van der Waals surface area contributed by atoms with Crippen LogP contribution in [-0.2, 0) is 16.0 Å². The van der Waals surface area contributed by atoms with Crippen molar-refractivity contribution in [1.29, 1.82) is 0 Å². The fraction of sp³-hybridized carbons (Fsp3) is 0.765. The van der Waals surface area contributed by atoms with E-state index in [0.717, 1.165) is 38.0 Å². The van der Waals surface area contributed by atoms with Crippen LogP contribution in [0.15, 0.2) is 42.7 Å². The lowest BCUT2D eigenvalue weighted by Crippen LogP contribution is -2.32. The molecule has 0 aliphatic heterocycles. The van der Waals surface area contributed by atoms with Crippen LogP contribution in [0.25, 0.3) is 0 Å². The predicted molar refractivity (Wildman–Crippen MR) is 164 cm³/mol. The summed E-state index contributed by atoms with van der Waals surface area (Å²) in [4.78, 5) is 11.9. The maximum Gasteiger partial charge on any atom is 0.407 e. The molecule has 0 bridgehead atoms. The van der Waals surface area contributed by atoms with Crippen molar-refractivity contribution in [2.75, 3.05) is 26.4 Å². The van der Waals surface area contributed by atoms with Crippen LogP contribution in [0.2, 0.25) is 0 Å². The van der Waals surface area contributed by atoms with E-state index in [1.807, 2.05) is 6.07 Å². The Morgan fingerprint density at radius 1 is 0.667 bits per heavy atom. The van der Waals surface area contributed by atoms with Crippen LogP contribution in [0.3, 0.4) is 0 Å². The van der Waals surface area contributed by atoms with Gasteiger partial charge in [-0.15, -0.1) is 0 Å². The molecule has 0 atom stereocenters. The predicted octanol–water partition coefficient (Wildman–Crippen LogP) is 9.10. The highest BCUT2D eigenvalue weighted by Crippen LogP contribution is 2.13. The van der Waals surface area contributed by atoms with Crippen molar-refractivity contribution in [3.63, 3.8) is 0 Å². The molecule has 0 spiro atoms. The van der Waals surface area contributed by atoms with Gasteiger partial charge in [-0.2, -0.15) is 0 Å². The minimum Gasteiger partial charge on any atom is -0.445 e. The van der Waals surface area contributed by atoms with Gasteiger partial charge in [0.1, 0.15) is 13.2 Å². The molecule has 224 valence electrons. The summed E-state index contributed by atoms with van der Waals surface area (Å²) in [7, 11) is 0. The number of amides is 1. The Kier molecular flexibility index (Phi) is 24.9. The molecule has 1 heterocycles. The fourth-order valence-electron chi connectivity index (χ4n) is 4.78. The number of unbranched alkanes of at least 4 members (excludes halogenated alkanes) is 18. The number of hydrogen-bond donors (Lipinski definition) is 1. The van der Waals surface area contributed by atoms with E-state index in [-0.39, 0.29) is 12.7 Å². The van der Waals surface area contributed by atoms with E-state index in [1.54, 1.807) is 0 Å². The smallest absolute Gasteiger partial charge is 0.407 e. The lowest BCUT2D eigenvalue weighted by Gasteiger charge is -2.09.